The van der Waals surface area contributed by atoms with Gasteiger partial charge >= 0.3 is 29.6 Å². The van der Waals surface area contributed by atoms with Crippen LogP contribution in [0.1, 0.15) is 31.0 Å². The Labute approximate surface area is 114 Å². The molecule has 0 amide bonds. The molecule has 1 atom stereocenters. The Hall–Kier alpha value is -0.620. The van der Waals surface area contributed by atoms with Crippen molar-refractivity contribution in [1.82, 2.24) is 0 Å². The average Bonchev–Trinajstić information content (AvgIpc) is 2.09. The van der Waals surface area contributed by atoms with Gasteiger partial charge in [-0.1, -0.05) is 23.8 Å². The first-order chi connectivity index (χ1) is 6.56. The molecule has 0 aliphatic carbocycles. The molecule has 74 valence electrons. The van der Waals surface area contributed by atoms with Gasteiger partial charge in [0.15, 0.2) is 5.78 Å². The third kappa shape index (κ3) is 3.46. The first-order valence-electron chi connectivity index (χ1n) is 4.53. The second kappa shape index (κ2) is 6.07. The number of hydrogen-bond donors (Lipinski definition) is 0. The van der Waals surface area contributed by atoms with Gasteiger partial charge in [0.2, 0.25) is 0 Å². The van der Waals surface area contributed by atoms with E-state index in [-0.39, 0.29) is 36.8 Å². The Morgan fingerprint density at radius 2 is 2.07 bits per heavy atom. The van der Waals surface area contributed by atoms with Gasteiger partial charge in [-0.15, -0.1) is 0 Å². The molecule has 0 aliphatic rings. The molecule has 1 unspecified atom stereocenters. The Morgan fingerprint density at radius 3 is 2.47 bits per heavy atom. The van der Waals surface area contributed by atoms with E-state index in [0.29, 0.717) is 0 Å². The van der Waals surface area contributed by atoms with Gasteiger partial charge in [-0.2, -0.15) is 5.26 Å². The molecule has 0 saturated carbocycles. The van der Waals surface area contributed by atoms with Crippen molar-refractivity contribution in [2.75, 3.05) is 0 Å². The van der Waals surface area contributed by atoms with Gasteiger partial charge < -0.3 is 1.43 Å². The first-order valence-corrected chi connectivity index (χ1v) is 4.53. The van der Waals surface area contributed by atoms with Crippen LogP contribution < -0.4 is 29.6 Å². The standard InChI is InChI=1S/C12H13NO.Na.H/c1-8-4-5-11(9(2)6-8)12(7-13)10(3)14;;/h4-6,12H,1-3H3;;/q;+1;-1. The van der Waals surface area contributed by atoms with E-state index in [2.05, 4.69) is 0 Å². The average molecular weight is 211 g/mol. The number of hydrogen-bond acceptors (Lipinski definition) is 2. The first kappa shape index (κ1) is 14.4. The summed E-state index contributed by atoms with van der Waals surface area (Å²) in [5.74, 6) is -0.713. The van der Waals surface area contributed by atoms with Crippen molar-refractivity contribution in [2.45, 2.75) is 26.7 Å². The molecule has 15 heavy (non-hydrogen) atoms. The normalized spacial score (nSPS) is 11.1. The van der Waals surface area contributed by atoms with Crippen LogP contribution in [-0.4, -0.2) is 5.78 Å². The second-order valence-electron chi connectivity index (χ2n) is 3.53. The fraction of sp³-hybridized carbons (Fsp3) is 0.333. The summed E-state index contributed by atoms with van der Waals surface area (Å²) < 4.78 is 0. The molecule has 0 radical (unpaired) electrons. The van der Waals surface area contributed by atoms with Crippen molar-refractivity contribution in [1.29, 1.82) is 5.26 Å². The molecular formula is C12H14NNaO. The summed E-state index contributed by atoms with van der Waals surface area (Å²) in [5.41, 5.74) is 2.98. The van der Waals surface area contributed by atoms with E-state index in [1.165, 1.54) is 6.92 Å². The number of benzene rings is 1. The summed E-state index contributed by atoms with van der Waals surface area (Å²) in [6.45, 7) is 5.37. The molecule has 0 aromatic heterocycles. The van der Waals surface area contributed by atoms with E-state index < -0.39 is 5.92 Å². The number of Topliss-reactive ketones (excluding diaryl/α,β-unsaturated/α-hetero) is 1. The Balaban J connectivity index is 0. The van der Waals surface area contributed by atoms with E-state index in [4.69, 9.17) is 5.26 Å². The van der Waals surface area contributed by atoms with Crippen LogP contribution in [0.15, 0.2) is 18.2 Å². The van der Waals surface area contributed by atoms with Crippen molar-refractivity contribution >= 4 is 5.78 Å². The van der Waals surface area contributed by atoms with Crippen LogP contribution in [0.25, 0.3) is 0 Å². The molecule has 1 aromatic rings. The Bertz CT molecular complexity index is 412. The minimum absolute atomic E-state index is 0. The van der Waals surface area contributed by atoms with Gasteiger partial charge in [0.1, 0.15) is 5.92 Å². The number of rotatable bonds is 2. The van der Waals surface area contributed by atoms with E-state index in [9.17, 15) is 4.79 Å². The molecular weight excluding hydrogens is 197 g/mol. The van der Waals surface area contributed by atoms with Gasteiger partial charge in [-0.3, -0.25) is 4.79 Å². The van der Waals surface area contributed by atoms with E-state index in [1.54, 1.807) is 0 Å². The number of aryl methyl sites for hydroxylation is 2. The van der Waals surface area contributed by atoms with Crippen LogP contribution in [0.3, 0.4) is 0 Å². The van der Waals surface area contributed by atoms with Gasteiger partial charge in [0.25, 0.3) is 0 Å². The van der Waals surface area contributed by atoms with Crippen LogP contribution in [0, 0.1) is 25.2 Å². The minimum Gasteiger partial charge on any atom is -1.00 e. The summed E-state index contributed by atoms with van der Waals surface area (Å²) >= 11 is 0. The van der Waals surface area contributed by atoms with Gasteiger partial charge in [-0.25, -0.2) is 0 Å². The largest absolute Gasteiger partial charge is 1.00 e. The number of carbonyl (C=O) groups is 1. The van der Waals surface area contributed by atoms with Crippen molar-refractivity contribution < 1.29 is 35.8 Å². The van der Waals surface area contributed by atoms with Crippen molar-refractivity contribution in [3.05, 3.63) is 34.9 Å². The Morgan fingerprint density at radius 1 is 1.47 bits per heavy atom. The molecule has 1 rings (SSSR count). The smallest absolute Gasteiger partial charge is 1.00 e. The van der Waals surface area contributed by atoms with E-state index >= 15 is 0 Å². The van der Waals surface area contributed by atoms with Gasteiger partial charge in [0, 0.05) is 0 Å². The number of nitriles is 1. The van der Waals surface area contributed by atoms with E-state index in [0.717, 1.165) is 16.7 Å². The molecule has 0 bridgehead atoms. The zero-order valence-corrected chi connectivity index (χ0v) is 11.7. The summed E-state index contributed by atoms with van der Waals surface area (Å²) in [7, 11) is 0. The minimum atomic E-state index is -0.615. The second-order valence-corrected chi connectivity index (χ2v) is 3.53. The van der Waals surface area contributed by atoms with Crippen LogP contribution >= 0.6 is 0 Å². The van der Waals surface area contributed by atoms with Crippen LogP contribution in [0.2, 0.25) is 0 Å². The molecule has 0 saturated heterocycles. The monoisotopic (exact) mass is 211 g/mol. The third-order valence-corrected chi connectivity index (χ3v) is 2.27. The molecule has 0 heterocycles. The number of carbonyl (C=O) groups excluding carboxylic acids is 1. The maximum absolute atomic E-state index is 11.2. The van der Waals surface area contributed by atoms with E-state index in [1.807, 2.05) is 38.1 Å². The predicted octanol–water partition coefficient (Wildman–Crippen LogP) is -0.384. The van der Waals surface area contributed by atoms with Crippen LogP contribution in [0.4, 0.5) is 0 Å². The fourth-order valence-electron chi connectivity index (χ4n) is 1.53. The quantitative estimate of drug-likeness (QED) is 0.625. The van der Waals surface area contributed by atoms with Gasteiger partial charge in [-0.05, 0) is 31.9 Å². The third-order valence-electron chi connectivity index (χ3n) is 2.27. The van der Waals surface area contributed by atoms with Crippen molar-refractivity contribution in [3.63, 3.8) is 0 Å². The maximum atomic E-state index is 11.2. The summed E-state index contributed by atoms with van der Waals surface area (Å²) in [6, 6.07) is 7.80. The summed E-state index contributed by atoms with van der Waals surface area (Å²) in [6.07, 6.45) is 0. The van der Waals surface area contributed by atoms with Crippen molar-refractivity contribution in [2.24, 2.45) is 0 Å². The molecule has 1 aromatic carbocycles. The topological polar surface area (TPSA) is 40.9 Å². The molecule has 0 spiro atoms. The van der Waals surface area contributed by atoms with Crippen molar-refractivity contribution in [3.8, 4) is 6.07 Å². The summed E-state index contributed by atoms with van der Waals surface area (Å²) in [5, 5.41) is 8.87. The van der Waals surface area contributed by atoms with Crippen LogP contribution in [-0.2, 0) is 4.79 Å². The Kier molecular flexibility index (Phi) is 5.82. The van der Waals surface area contributed by atoms with Gasteiger partial charge in [0.05, 0.1) is 6.07 Å². The SMILES string of the molecule is CC(=O)C(C#N)c1ccc(C)cc1C.[H-].[Na+]. The molecule has 3 heteroatoms. The zero-order chi connectivity index (χ0) is 10.7. The molecule has 0 N–H and O–H groups in total. The number of ketones is 1. The molecule has 0 aliphatic heterocycles. The predicted molar refractivity (Wildman–Crippen MR) is 56.1 cm³/mol. The zero-order valence-electron chi connectivity index (χ0n) is 10.7. The van der Waals surface area contributed by atoms with Crippen LogP contribution in [0.5, 0.6) is 0 Å². The number of nitrogens with zero attached hydrogens (tertiary/aromatic N) is 1. The summed E-state index contributed by atoms with van der Waals surface area (Å²) in [4.78, 5) is 11.2. The molecule has 0 fully saturated rings. The maximum Gasteiger partial charge on any atom is 1.00 e. The molecule has 2 nitrogen and oxygen atoms in total. The fourth-order valence-corrected chi connectivity index (χ4v) is 1.53.